The molecule has 0 aliphatic carbocycles. The van der Waals surface area contributed by atoms with Gasteiger partial charge in [0.2, 0.25) is 0 Å². The van der Waals surface area contributed by atoms with E-state index in [4.69, 9.17) is 0 Å². The largest absolute Gasteiger partial charge is 0.508 e. The molecule has 0 saturated heterocycles. The Kier molecular flexibility index (Phi) is 7.54. The van der Waals surface area contributed by atoms with Gasteiger partial charge in [0.15, 0.2) is 0 Å². The molecule has 1 aromatic carbocycles. The highest BCUT2D eigenvalue weighted by molar-refractivity contribution is 5.28. The number of aryl methyl sites for hydroxylation is 1. The molecule has 0 radical (unpaired) electrons. The topological polar surface area (TPSA) is 20.2 Å². The SMILES string of the molecule is Oc1ccc(F)c(CCCCCCCCCC(F)(F)F)c1. The summed E-state index contributed by atoms with van der Waals surface area (Å²) in [7, 11) is 0. The molecule has 0 aliphatic heterocycles. The van der Waals surface area contributed by atoms with Crippen LogP contribution < -0.4 is 0 Å². The van der Waals surface area contributed by atoms with Gasteiger partial charge in [0.1, 0.15) is 11.6 Å². The zero-order valence-electron chi connectivity index (χ0n) is 12.1. The van der Waals surface area contributed by atoms with E-state index in [1.54, 1.807) is 0 Å². The fraction of sp³-hybridized carbons (Fsp3) is 0.625. The molecule has 1 N–H and O–H groups in total. The first-order chi connectivity index (χ1) is 9.88. The van der Waals surface area contributed by atoms with Crippen molar-refractivity contribution in [2.75, 3.05) is 0 Å². The number of rotatable bonds is 9. The van der Waals surface area contributed by atoms with Crippen LogP contribution in [0.1, 0.15) is 56.9 Å². The number of aromatic hydroxyl groups is 1. The average Bonchev–Trinajstić information content (AvgIpc) is 2.39. The maximum Gasteiger partial charge on any atom is 0.389 e. The second-order valence-corrected chi connectivity index (χ2v) is 5.37. The Morgan fingerprint density at radius 2 is 1.43 bits per heavy atom. The fourth-order valence-electron chi connectivity index (χ4n) is 2.28. The van der Waals surface area contributed by atoms with Crippen LogP contribution in [0.2, 0.25) is 0 Å². The molecule has 120 valence electrons. The van der Waals surface area contributed by atoms with Gasteiger partial charge in [0, 0.05) is 6.42 Å². The van der Waals surface area contributed by atoms with Crippen molar-refractivity contribution >= 4 is 0 Å². The quantitative estimate of drug-likeness (QED) is 0.454. The predicted molar refractivity (Wildman–Crippen MR) is 74.8 cm³/mol. The van der Waals surface area contributed by atoms with E-state index in [1.807, 2.05) is 0 Å². The molecule has 5 heteroatoms. The molecule has 0 amide bonds. The van der Waals surface area contributed by atoms with Crippen molar-refractivity contribution in [3.05, 3.63) is 29.6 Å². The Morgan fingerprint density at radius 1 is 0.857 bits per heavy atom. The van der Waals surface area contributed by atoms with E-state index < -0.39 is 12.6 Å². The van der Waals surface area contributed by atoms with Crippen LogP contribution in [0.5, 0.6) is 5.75 Å². The second kappa shape index (κ2) is 8.90. The molecule has 0 aromatic heterocycles. The Bertz CT molecular complexity index is 415. The van der Waals surface area contributed by atoms with Crippen molar-refractivity contribution in [3.8, 4) is 5.75 Å². The highest BCUT2D eigenvalue weighted by atomic mass is 19.4. The summed E-state index contributed by atoms with van der Waals surface area (Å²) in [6.07, 6.45) is 1.10. The summed E-state index contributed by atoms with van der Waals surface area (Å²) < 4.78 is 49.1. The van der Waals surface area contributed by atoms with Gasteiger partial charge in [-0.15, -0.1) is 0 Å². The van der Waals surface area contributed by atoms with Gasteiger partial charge >= 0.3 is 6.18 Å². The summed E-state index contributed by atoms with van der Waals surface area (Å²) in [5.74, 6) is -0.240. The fourth-order valence-corrected chi connectivity index (χ4v) is 2.28. The number of benzene rings is 1. The van der Waals surface area contributed by atoms with Gasteiger partial charge in [-0.25, -0.2) is 4.39 Å². The normalized spacial score (nSPS) is 11.8. The molecule has 0 bridgehead atoms. The number of halogens is 4. The lowest BCUT2D eigenvalue weighted by molar-refractivity contribution is -0.135. The van der Waals surface area contributed by atoms with E-state index in [2.05, 4.69) is 0 Å². The Balaban J connectivity index is 2.01. The van der Waals surface area contributed by atoms with Crippen LogP contribution in [0.15, 0.2) is 18.2 Å². The van der Waals surface area contributed by atoms with Gasteiger partial charge in [-0.3, -0.25) is 0 Å². The number of phenolic OH excluding ortho intramolecular Hbond substituents is 1. The monoisotopic (exact) mass is 306 g/mol. The van der Waals surface area contributed by atoms with Crippen LogP contribution in [0.25, 0.3) is 0 Å². The van der Waals surface area contributed by atoms with Crippen LogP contribution in [-0.2, 0) is 6.42 Å². The lowest BCUT2D eigenvalue weighted by Gasteiger charge is -2.06. The van der Waals surface area contributed by atoms with E-state index >= 15 is 0 Å². The summed E-state index contributed by atoms with van der Waals surface area (Å²) in [5.41, 5.74) is 0.514. The average molecular weight is 306 g/mol. The molecule has 1 rings (SSSR count). The zero-order chi connectivity index (χ0) is 15.7. The van der Waals surface area contributed by atoms with Gasteiger partial charge in [0.05, 0.1) is 0 Å². The zero-order valence-corrected chi connectivity index (χ0v) is 12.1. The summed E-state index contributed by atoms with van der Waals surface area (Å²) >= 11 is 0. The summed E-state index contributed by atoms with van der Waals surface area (Å²) in [4.78, 5) is 0. The molecule has 1 aromatic rings. The van der Waals surface area contributed by atoms with Gasteiger partial charge < -0.3 is 5.11 Å². The van der Waals surface area contributed by atoms with Crippen LogP contribution in [0.3, 0.4) is 0 Å². The van der Waals surface area contributed by atoms with Gasteiger partial charge in [-0.05, 0) is 43.0 Å². The van der Waals surface area contributed by atoms with Crippen molar-refractivity contribution in [1.29, 1.82) is 0 Å². The van der Waals surface area contributed by atoms with Crippen LogP contribution in [0, 0.1) is 5.82 Å². The summed E-state index contributed by atoms with van der Waals surface area (Å²) in [6.45, 7) is 0. The molecule has 0 heterocycles. The first-order valence-corrected chi connectivity index (χ1v) is 7.42. The van der Waals surface area contributed by atoms with Crippen molar-refractivity contribution in [2.24, 2.45) is 0 Å². The van der Waals surface area contributed by atoms with Crippen molar-refractivity contribution in [1.82, 2.24) is 0 Å². The lowest BCUT2D eigenvalue weighted by Crippen LogP contribution is -2.06. The van der Waals surface area contributed by atoms with Gasteiger partial charge in [-0.1, -0.05) is 32.1 Å². The van der Waals surface area contributed by atoms with Crippen LogP contribution in [-0.4, -0.2) is 11.3 Å². The van der Waals surface area contributed by atoms with Crippen molar-refractivity contribution in [3.63, 3.8) is 0 Å². The predicted octanol–water partition coefficient (Wildman–Crippen LogP) is 5.76. The minimum Gasteiger partial charge on any atom is -0.508 e. The standard InChI is InChI=1S/C16H22F4O/c17-15-10-9-14(21)12-13(15)8-6-4-2-1-3-5-7-11-16(18,19)20/h9-10,12,21H,1-8,11H2. The highest BCUT2D eigenvalue weighted by Crippen LogP contribution is 2.23. The molecule has 0 saturated carbocycles. The van der Waals surface area contributed by atoms with E-state index in [0.717, 1.165) is 32.1 Å². The second-order valence-electron chi connectivity index (χ2n) is 5.37. The number of phenols is 1. The van der Waals surface area contributed by atoms with E-state index in [9.17, 15) is 22.7 Å². The number of alkyl halides is 3. The molecule has 0 aliphatic rings. The summed E-state index contributed by atoms with van der Waals surface area (Å²) in [5, 5.41) is 9.27. The number of unbranched alkanes of at least 4 members (excludes halogenated alkanes) is 6. The first-order valence-electron chi connectivity index (χ1n) is 7.42. The Hall–Kier alpha value is -1.26. The van der Waals surface area contributed by atoms with E-state index in [1.165, 1.54) is 18.2 Å². The minimum atomic E-state index is -4.04. The van der Waals surface area contributed by atoms with E-state index in [-0.39, 0.29) is 18.0 Å². The van der Waals surface area contributed by atoms with E-state index in [0.29, 0.717) is 18.4 Å². The first kappa shape index (κ1) is 17.8. The molecule has 0 spiro atoms. The number of hydrogen-bond acceptors (Lipinski definition) is 1. The third-order valence-corrected chi connectivity index (χ3v) is 3.44. The lowest BCUT2D eigenvalue weighted by atomic mass is 10.0. The summed E-state index contributed by atoms with van der Waals surface area (Å²) in [6, 6.07) is 4.01. The number of hydrogen-bond donors (Lipinski definition) is 1. The van der Waals surface area contributed by atoms with Gasteiger partial charge in [0.25, 0.3) is 0 Å². The third kappa shape index (κ3) is 8.58. The van der Waals surface area contributed by atoms with Crippen LogP contribution >= 0.6 is 0 Å². The van der Waals surface area contributed by atoms with Crippen LogP contribution in [0.4, 0.5) is 17.6 Å². The molecule has 0 unspecified atom stereocenters. The Morgan fingerprint density at radius 3 is 2.05 bits per heavy atom. The van der Waals surface area contributed by atoms with Crippen molar-refractivity contribution < 1.29 is 22.7 Å². The maximum atomic E-state index is 13.4. The molecular weight excluding hydrogens is 284 g/mol. The Labute approximate surface area is 123 Å². The van der Waals surface area contributed by atoms with Gasteiger partial charge in [-0.2, -0.15) is 13.2 Å². The molecule has 0 fully saturated rings. The highest BCUT2D eigenvalue weighted by Gasteiger charge is 2.25. The molecular formula is C16H22F4O. The maximum absolute atomic E-state index is 13.4. The molecule has 21 heavy (non-hydrogen) atoms. The third-order valence-electron chi connectivity index (χ3n) is 3.44. The molecule has 1 nitrogen and oxygen atoms in total. The minimum absolute atomic E-state index is 0.0658. The smallest absolute Gasteiger partial charge is 0.389 e. The van der Waals surface area contributed by atoms with Crippen molar-refractivity contribution in [2.45, 2.75) is 64.0 Å². The molecule has 0 atom stereocenters.